The maximum Gasteiger partial charge on any atom is 0.227 e. The second-order valence-corrected chi connectivity index (χ2v) is 4.91. The van der Waals surface area contributed by atoms with Gasteiger partial charge in [0.2, 0.25) is 17.1 Å². The molecule has 7 heteroatoms. The van der Waals surface area contributed by atoms with Crippen molar-refractivity contribution >= 4 is 5.91 Å². The van der Waals surface area contributed by atoms with Gasteiger partial charge >= 0.3 is 0 Å². The Morgan fingerprint density at radius 2 is 1.91 bits per heavy atom. The first-order valence-electron chi connectivity index (χ1n) is 6.43. The Morgan fingerprint density at radius 1 is 1.23 bits per heavy atom. The fraction of sp³-hybridized carbons (Fsp3) is 0.200. The molecule has 0 saturated heterocycles. The van der Waals surface area contributed by atoms with E-state index >= 15 is 0 Å². The van der Waals surface area contributed by atoms with Crippen LogP contribution in [0.3, 0.4) is 0 Å². The van der Waals surface area contributed by atoms with E-state index < -0.39 is 28.8 Å². The van der Waals surface area contributed by atoms with Crippen molar-refractivity contribution in [2.45, 2.75) is 19.3 Å². The number of aromatic hydroxyl groups is 3. The van der Waals surface area contributed by atoms with Crippen LogP contribution in [0.4, 0.5) is 0 Å². The molecule has 22 heavy (non-hydrogen) atoms. The molecule has 116 valence electrons. The zero-order valence-corrected chi connectivity index (χ0v) is 11.7. The molecule has 5 N–H and O–H groups in total. The lowest BCUT2D eigenvalue weighted by Crippen LogP contribution is -2.17. The van der Waals surface area contributed by atoms with Gasteiger partial charge in [0.05, 0.1) is 5.92 Å². The highest BCUT2D eigenvalue weighted by atomic mass is 16.4. The zero-order chi connectivity index (χ0) is 16.4. The molecule has 2 rings (SSSR count). The van der Waals surface area contributed by atoms with Crippen LogP contribution in [-0.4, -0.2) is 21.2 Å². The normalized spacial score (nSPS) is 12.0. The number of carbonyl (C=O) groups excluding carboxylic acids is 1. The smallest absolute Gasteiger partial charge is 0.227 e. The van der Waals surface area contributed by atoms with Crippen molar-refractivity contribution in [3.05, 3.63) is 51.6 Å². The summed E-state index contributed by atoms with van der Waals surface area (Å²) in [6, 6.07) is 4.99. The van der Waals surface area contributed by atoms with E-state index in [1.165, 1.54) is 25.1 Å². The van der Waals surface area contributed by atoms with Crippen LogP contribution < -0.4 is 11.2 Å². The second kappa shape index (κ2) is 5.80. The van der Waals surface area contributed by atoms with E-state index in [4.69, 9.17) is 10.2 Å². The number of phenolic OH excluding ortho intramolecular Hbond substituents is 2. The molecule has 1 amide bonds. The van der Waals surface area contributed by atoms with Gasteiger partial charge in [-0.05, 0) is 24.6 Å². The van der Waals surface area contributed by atoms with Crippen LogP contribution in [0.15, 0.2) is 33.5 Å². The van der Waals surface area contributed by atoms with E-state index in [1.54, 1.807) is 0 Å². The monoisotopic (exact) mass is 305 g/mol. The van der Waals surface area contributed by atoms with E-state index in [9.17, 15) is 24.9 Å². The van der Waals surface area contributed by atoms with Gasteiger partial charge in [-0.1, -0.05) is 6.07 Å². The minimum atomic E-state index is -0.864. The Kier molecular flexibility index (Phi) is 4.07. The Hall–Kier alpha value is -2.96. The molecule has 0 spiro atoms. The summed E-state index contributed by atoms with van der Waals surface area (Å²) in [5.74, 6) is -2.76. The van der Waals surface area contributed by atoms with Crippen molar-refractivity contribution in [1.82, 2.24) is 0 Å². The summed E-state index contributed by atoms with van der Waals surface area (Å²) in [7, 11) is 0. The Bertz CT molecular complexity index is 780. The first kappa shape index (κ1) is 15.4. The number of aryl methyl sites for hydroxylation is 1. The molecule has 0 unspecified atom stereocenters. The van der Waals surface area contributed by atoms with Gasteiger partial charge in [-0.15, -0.1) is 0 Å². The van der Waals surface area contributed by atoms with Crippen molar-refractivity contribution in [3.8, 4) is 17.2 Å². The molecule has 0 saturated carbocycles. The SMILES string of the molecule is Cc1cc(=O)c(O)c([C@@H](CC(N)=O)c2ccc(O)c(O)c2)o1. The molecule has 0 radical (unpaired) electrons. The highest BCUT2D eigenvalue weighted by Gasteiger charge is 2.25. The summed E-state index contributed by atoms with van der Waals surface area (Å²) in [4.78, 5) is 23.0. The molecule has 7 nitrogen and oxygen atoms in total. The second-order valence-electron chi connectivity index (χ2n) is 4.91. The number of benzene rings is 1. The standard InChI is InChI=1S/C15H15NO6/c1-7-4-12(19)14(21)15(22-7)9(6-13(16)20)8-2-3-10(17)11(18)5-8/h2-5,9,17-18,21H,6H2,1H3,(H2,16,20)/t9-/m0/s1. The molecule has 0 aliphatic heterocycles. The summed E-state index contributed by atoms with van der Waals surface area (Å²) in [6.07, 6.45) is -0.246. The summed E-state index contributed by atoms with van der Waals surface area (Å²) in [5.41, 5.74) is 4.93. The van der Waals surface area contributed by atoms with E-state index in [-0.39, 0.29) is 23.7 Å². The molecular weight excluding hydrogens is 290 g/mol. The van der Waals surface area contributed by atoms with Crippen LogP contribution >= 0.6 is 0 Å². The number of primary amides is 1. The van der Waals surface area contributed by atoms with Crippen LogP contribution in [0.1, 0.15) is 29.4 Å². The molecule has 1 aromatic heterocycles. The topological polar surface area (TPSA) is 134 Å². The molecule has 0 aliphatic rings. The van der Waals surface area contributed by atoms with Crippen LogP contribution in [0.5, 0.6) is 17.2 Å². The third-order valence-corrected chi connectivity index (χ3v) is 3.20. The number of amides is 1. The fourth-order valence-corrected chi connectivity index (χ4v) is 2.18. The Morgan fingerprint density at radius 3 is 2.50 bits per heavy atom. The minimum absolute atomic E-state index is 0.117. The highest BCUT2D eigenvalue weighted by molar-refractivity contribution is 5.75. The predicted molar refractivity (Wildman–Crippen MR) is 76.8 cm³/mol. The third kappa shape index (κ3) is 3.03. The zero-order valence-electron chi connectivity index (χ0n) is 11.7. The summed E-state index contributed by atoms with van der Waals surface area (Å²) in [5, 5.41) is 28.9. The lowest BCUT2D eigenvalue weighted by atomic mass is 9.91. The average molecular weight is 305 g/mol. The largest absolute Gasteiger partial charge is 0.504 e. The van der Waals surface area contributed by atoms with E-state index in [0.29, 0.717) is 5.56 Å². The van der Waals surface area contributed by atoms with Gasteiger partial charge in [0.15, 0.2) is 17.3 Å². The van der Waals surface area contributed by atoms with E-state index in [1.807, 2.05) is 0 Å². The van der Waals surface area contributed by atoms with E-state index in [0.717, 1.165) is 6.07 Å². The van der Waals surface area contributed by atoms with Crippen molar-refractivity contribution in [2.24, 2.45) is 5.73 Å². The number of nitrogens with two attached hydrogens (primary N) is 1. The van der Waals surface area contributed by atoms with Crippen molar-refractivity contribution in [2.75, 3.05) is 0 Å². The van der Waals surface area contributed by atoms with Crippen LogP contribution in [-0.2, 0) is 4.79 Å². The van der Waals surface area contributed by atoms with Gasteiger partial charge in [-0.2, -0.15) is 0 Å². The van der Waals surface area contributed by atoms with Gasteiger partial charge in [-0.3, -0.25) is 9.59 Å². The number of hydrogen-bond donors (Lipinski definition) is 4. The number of phenols is 2. The summed E-state index contributed by atoms with van der Waals surface area (Å²) < 4.78 is 5.37. The number of carbonyl (C=O) groups is 1. The third-order valence-electron chi connectivity index (χ3n) is 3.20. The molecule has 0 aliphatic carbocycles. The molecule has 0 bridgehead atoms. The Balaban J connectivity index is 2.62. The summed E-state index contributed by atoms with van der Waals surface area (Å²) >= 11 is 0. The van der Waals surface area contributed by atoms with Gasteiger partial charge in [0, 0.05) is 12.5 Å². The lowest BCUT2D eigenvalue weighted by Gasteiger charge is -2.17. The first-order valence-corrected chi connectivity index (χ1v) is 6.43. The minimum Gasteiger partial charge on any atom is -0.504 e. The molecular formula is C15H15NO6. The van der Waals surface area contributed by atoms with Crippen molar-refractivity contribution in [3.63, 3.8) is 0 Å². The van der Waals surface area contributed by atoms with Gasteiger partial charge in [0.1, 0.15) is 5.76 Å². The predicted octanol–water partition coefficient (Wildman–Crippen LogP) is 1.07. The van der Waals surface area contributed by atoms with Crippen LogP contribution in [0.25, 0.3) is 0 Å². The van der Waals surface area contributed by atoms with Crippen molar-refractivity contribution in [1.29, 1.82) is 0 Å². The quantitative estimate of drug-likeness (QED) is 0.624. The summed E-state index contributed by atoms with van der Waals surface area (Å²) in [6.45, 7) is 1.53. The van der Waals surface area contributed by atoms with Gasteiger partial charge in [-0.25, -0.2) is 0 Å². The molecule has 1 aromatic carbocycles. The number of hydrogen-bond acceptors (Lipinski definition) is 6. The van der Waals surface area contributed by atoms with Gasteiger partial charge < -0.3 is 25.5 Å². The maximum atomic E-state index is 11.7. The average Bonchev–Trinajstić information content (AvgIpc) is 2.43. The molecule has 1 atom stereocenters. The van der Waals surface area contributed by atoms with Gasteiger partial charge in [0.25, 0.3) is 0 Å². The highest BCUT2D eigenvalue weighted by Crippen LogP contribution is 2.36. The molecule has 1 heterocycles. The Labute approximate surface area is 125 Å². The van der Waals surface area contributed by atoms with Crippen LogP contribution in [0.2, 0.25) is 0 Å². The fourth-order valence-electron chi connectivity index (χ4n) is 2.18. The maximum absolute atomic E-state index is 11.7. The van der Waals surface area contributed by atoms with Crippen LogP contribution in [0, 0.1) is 6.92 Å². The first-order chi connectivity index (χ1) is 10.3. The number of rotatable bonds is 4. The molecule has 0 fully saturated rings. The van der Waals surface area contributed by atoms with Crippen molar-refractivity contribution < 1.29 is 24.5 Å². The lowest BCUT2D eigenvalue weighted by molar-refractivity contribution is -0.118. The molecule has 2 aromatic rings. The van der Waals surface area contributed by atoms with E-state index in [2.05, 4.69) is 0 Å².